The summed E-state index contributed by atoms with van der Waals surface area (Å²) in [5, 5.41) is 6.40. The van der Waals surface area contributed by atoms with Crippen LogP contribution in [0.5, 0.6) is 0 Å². The van der Waals surface area contributed by atoms with E-state index in [0.29, 0.717) is 18.0 Å². The van der Waals surface area contributed by atoms with Crippen LogP contribution in [0.3, 0.4) is 0 Å². The second-order valence-corrected chi connectivity index (χ2v) is 9.12. The first-order chi connectivity index (χ1) is 15.1. The van der Waals surface area contributed by atoms with Crippen molar-refractivity contribution < 1.29 is 22.7 Å². The summed E-state index contributed by atoms with van der Waals surface area (Å²) in [5.41, 5.74) is 3.19. The van der Waals surface area contributed by atoms with Crippen molar-refractivity contribution in [3.05, 3.63) is 65.2 Å². The van der Waals surface area contributed by atoms with E-state index < -0.39 is 18.3 Å². The highest BCUT2D eigenvalue weighted by molar-refractivity contribution is 5.68. The Labute approximate surface area is 185 Å². The van der Waals surface area contributed by atoms with Crippen LogP contribution in [0.1, 0.15) is 36.6 Å². The SMILES string of the molecule is CN(C(=O)OC1CNC1)[C@@H](c1ccc(NC2Cc3ccccc3C2(C)C)cc1)C(F)(F)F. The summed E-state index contributed by atoms with van der Waals surface area (Å²) in [5.74, 6) is 0. The highest BCUT2D eigenvalue weighted by Crippen LogP contribution is 2.41. The number of hydrogen-bond acceptors (Lipinski definition) is 4. The summed E-state index contributed by atoms with van der Waals surface area (Å²) in [7, 11) is 1.12. The van der Waals surface area contributed by atoms with E-state index in [4.69, 9.17) is 4.74 Å². The molecule has 0 aromatic heterocycles. The Kier molecular flexibility index (Phi) is 5.83. The summed E-state index contributed by atoms with van der Waals surface area (Å²) in [6.45, 7) is 5.25. The van der Waals surface area contributed by atoms with E-state index in [1.54, 1.807) is 12.1 Å². The predicted molar refractivity (Wildman–Crippen MR) is 117 cm³/mol. The van der Waals surface area contributed by atoms with E-state index in [1.807, 2.05) is 12.1 Å². The lowest BCUT2D eigenvalue weighted by atomic mass is 9.83. The molecule has 1 fully saturated rings. The van der Waals surface area contributed by atoms with Gasteiger partial charge < -0.3 is 15.4 Å². The standard InChI is InChI=1S/C24H28F3N3O2/c1-23(2)19-7-5-4-6-16(19)12-20(23)29-17-10-8-15(9-11-17)21(24(25,26)27)30(3)22(31)32-18-13-28-14-18/h4-11,18,20-21,28-29H,12-14H2,1-3H3/t20?,21-/m0/s1. The molecule has 8 heteroatoms. The lowest BCUT2D eigenvalue weighted by Gasteiger charge is -2.33. The van der Waals surface area contributed by atoms with Gasteiger partial charge in [0.2, 0.25) is 0 Å². The summed E-state index contributed by atoms with van der Waals surface area (Å²) >= 11 is 0. The lowest BCUT2D eigenvalue weighted by molar-refractivity contribution is -0.179. The van der Waals surface area contributed by atoms with E-state index in [-0.39, 0.29) is 23.1 Å². The van der Waals surface area contributed by atoms with Gasteiger partial charge >= 0.3 is 12.3 Å². The molecule has 1 aliphatic heterocycles. The third kappa shape index (κ3) is 4.28. The average molecular weight is 448 g/mol. The highest BCUT2D eigenvalue weighted by atomic mass is 19.4. The Bertz CT molecular complexity index is 971. The number of carbonyl (C=O) groups excluding carboxylic acids is 1. The molecule has 2 N–H and O–H groups in total. The van der Waals surface area contributed by atoms with Crippen molar-refractivity contribution in [3.8, 4) is 0 Å². The maximum atomic E-state index is 13.9. The normalized spacial score (nSPS) is 20.8. The van der Waals surface area contributed by atoms with Gasteiger partial charge in [0, 0.05) is 37.3 Å². The third-order valence-electron chi connectivity index (χ3n) is 6.57. The fourth-order valence-corrected chi connectivity index (χ4v) is 4.49. The molecule has 0 bridgehead atoms. The molecule has 32 heavy (non-hydrogen) atoms. The van der Waals surface area contributed by atoms with Gasteiger partial charge in [-0.25, -0.2) is 4.79 Å². The van der Waals surface area contributed by atoms with Crippen molar-refractivity contribution in [1.29, 1.82) is 0 Å². The van der Waals surface area contributed by atoms with Gasteiger partial charge in [0.25, 0.3) is 0 Å². The van der Waals surface area contributed by atoms with E-state index in [9.17, 15) is 18.0 Å². The third-order valence-corrected chi connectivity index (χ3v) is 6.57. The second kappa shape index (κ2) is 8.31. The monoisotopic (exact) mass is 447 g/mol. The van der Waals surface area contributed by atoms with Crippen LogP contribution >= 0.6 is 0 Å². The van der Waals surface area contributed by atoms with Crippen LogP contribution in [0.25, 0.3) is 0 Å². The average Bonchev–Trinajstić information content (AvgIpc) is 2.95. The molecule has 1 unspecified atom stereocenters. The number of alkyl halides is 3. The number of carbonyl (C=O) groups is 1. The number of nitrogens with zero attached hydrogens (tertiary/aromatic N) is 1. The van der Waals surface area contributed by atoms with Gasteiger partial charge in [-0.2, -0.15) is 13.2 Å². The number of ether oxygens (including phenoxy) is 1. The zero-order chi connectivity index (χ0) is 23.1. The minimum Gasteiger partial charge on any atom is -0.443 e. The number of rotatable bonds is 5. The van der Waals surface area contributed by atoms with Crippen LogP contribution in [0.2, 0.25) is 0 Å². The molecule has 1 heterocycles. The van der Waals surface area contributed by atoms with E-state index >= 15 is 0 Å². The summed E-state index contributed by atoms with van der Waals surface area (Å²) in [4.78, 5) is 12.9. The minimum absolute atomic E-state index is 0.0109. The molecule has 0 radical (unpaired) electrons. The van der Waals surface area contributed by atoms with Crippen LogP contribution in [0.15, 0.2) is 48.5 Å². The molecule has 2 aromatic rings. The van der Waals surface area contributed by atoms with Gasteiger partial charge in [-0.15, -0.1) is 0 Å². The molecule has 1 saturated heterocycles. The van der Waals surface area contributed by atoms with Crippen molar-refractivity contribution in [2.45, 2.75) is 50.0 Å². The van der Waals surface area contributed by atoms with Crippen LogP contribution < -0.4 is 10.6 Å². The van der Waals surface area contributed by atoms with Crippen LogP contribution in [-0.4, -0.2) is 49.5 Å². The molecule has 5 nitrogen and oxygen atoms in total. The Hall–Kier alpha value is -2.74. The molecule has 1 amide bonds. The fourth-order valence-electron chi connectivity index (χ4n) is 4.49. The van der Waals surface area contributed by atoms with Gasteiger partial charge in [-0.1, -0.05) is 50.2 Å². The van der Waals surface area contributed by atoms with Gasteiger partial charge in [-0.05, 0) is 35.2 Å². The van der Waals surface area contributed by atoms with Crippen LogP contribution in [-0.2, 0) is 16.6 Å². The number of nitrogens with one attached hydrogen (secondary N) is 2. The Morgan fingerprint density at radius 2 is 1.81 bits per heavy atom. The highest BCUT2D eigenvalue weighted by Gasteiger charge is 2.46. The summed E-state index contributed by atoms with van der Waals surface area (Å²) < 4.78 is 46.7. The molecule has 0 saturated carbocycles. The van der Waals surface area contributed by atoms with Crippen molar-refractivity contribution in [3.63, 3.8) is 0 Å². The Balaban J connectivity index is 1.49. The number of benzene rings is 2. The molecule has 4 rings (SSSR count). The summed E-state index contributed by atoms with van der Waals surface area (Å²) in [6.07, 6.45) is -5.15. The zero-order valence-electron chi connectivity index (χ0n) is 18.4. The van der Waals surface area contributed by atoms with Gasteiger partial charge in [0.05, 0.1) is 0 Å². The quantitative estimate of drug-likeness (QED) is 0.701. The van der Waals surface area contributed by atoms with Gasteiger partial charge in [0.1, 0.15) is 6.10 Å². The van der Waals surface area contributed by atoms with E-state index in [1.165, 1.54) is 23.3 Å². The molecular formula is C24H28F3N3O2. The fraction of sp³-hybridized carbons (Fsp3) is 0.458. The Morgan fingerprint density at radius 3 is 2.38 bits per heavy atom. The van der Waals surface area contributed by atoms with Crippen molar-refractivity contribution in [2.24, 2.45) is 0 Å². The number of hydrogen-bond donors (Lipinski definition) is 2. The summed E-state index contributed by atoms with van der Waals surface area (Å²) in [6, 6.07) is 12.5. The molecule has 2 atom stereocenters. The number of anilines is 1. The predicted octanol–water partition coefficient (Wildman–Crippen LogP) is 4.64. The molecule has 2 aliphatic rings. The molecular weight excluding hydrogens is 419 g/mol. The van der Waals surface area contributed by atoms with Crippen LogP contribution in [0, 0.1) is 0 Å². The number of fused-ring (bicyclic) bond motifs is 1. The molecule has 1 aliphatic carbocycles. The minimum atomic E-state index is -4.63. The first-order valence-corrected chi connectivity index (χ1v) is 10.7. The van der Waals surface area contributed by atoms with Gasteiger partial charge in [-0.3, -0.25) is 4.90 Å². The number of halogens is 3. The van der Waals surface area contributed by atoms with Crippen molar-refractivity contribution >= 4 is 11.8 Å². The largest absolute Gasteiger partial charge is 0.443 e. The molecule has 0 spiro atoms. The first kappa shape index (κ1) is 22.5. The number of amides is 1. The maximum Gasteiger partial charge on any atom is 0.413 e. The maximum absolute atomic E-state index is 13.9. The Morgan fingerprint density at radius 1 is 1.16 bits per heavy atom. The molecule has 172 valence electrons. The lowest BCUT2D eigenvalue weighted by Crippen LogP contribution is -2.51. The smallest absolute Gasteiger partial charge is 0.413 e. The first-order valence-electron chi connectivity index (χ1n) is 10.7. The van der Waals surface area contributed by atoms with Crippen molar-refractivity contribution in [1.82, 2.24) is 10.2 Å². The van der Waals surface area contributed by atoms with E-state index in [2.05, 4.69) is 36.6 Å². The van der Waals surface area contributed by atoms with Gasteiger partial charge in [0.15, 0.2) is 6.04 Å². The van der Waals surface area contributed by atoms with E-state index in [0.717, 1.165) is 19.2 Å². The van der Waals surface area contributed by atoms with Crippen LogP contribution in [0.4, 0.5) is 23.7 Å². The second-order valence-electron chi connectivity index (χ2n) is 9.12. The zero-order valence-corrected chi connectivity index (χ0v) is 18.4. The molecule has 2 aromatic carbocycles. The van der Waals surface area contributed by atoms with Crippen molar-refractivity contribution in [2.75, 3.05) is 25.5 Å². The topological polar surface area (TPSA) is 53.6 Å².